The summed E-state index contributed by atoms with van der Waals surface area (Å²) in [7, 11) is 2.45. The molecule has 0 aliphatic carbocycles. The fraction of sp³-hybridized carbons (Fsp3) is 0.405. The number of carbonyl (C=O) groups is 4. The molecule has 1 aliphatic rings. The first-order valence-electron chi connectivity index (χ1n) is 17.1. The third-order valence-corrected chi connectivity index (χ3v) is 8.75. The Hall–Kier alpha value is -5.80. The van der Waals surface area contributed by atoms with E-state index in [1.165, 1.54) is 38.7 Å². The summed E-state index contributed by atoms with van der Waals surface area (Å²) in [5.41, 5.74) is 1.63. The van der Waals surface area contributed by atoms with Crippen molar-refractivity contribution in [2.24, 2.45) is 5.92 Å². The maximum Gasteiger partial charge on any atom is 0.410 e. The smallest absolute Gasteiger partial charge is 0.410 e. The summed E-state index contributed by atoms with van der Waals surface area (Å²) in [5.74, 6) is -4.06. The summed E-state index contributed by atoms with van der Waals surface area (Å²) >= 11 is 0. The minimum atomic E-state index is -1.14. The second-order valence-corrected chi connectivity index (χ2v) is 13.4. The molecule has 16 heteroatoms. The summed E-state index contributed by atoms with van der Waals surface area (Å²) in [5, 5.41) is 8.62. The van der Waals surface area contributed by atoms with Crippen LogP contribution in [-0.2, 0) is 25.5 Å². The van der Waals surface area contributed by atoms with Crippen molar-refractivity contribution in [3.05, 3.63) is 71.7 Å². The molecule has 0 spiro atoms. The van der Waals surface area contributed by atoms with Gasteiger partial charge in [-0.2, -0.15) is 4.39 Å². The van der Waals surface area contributed by atoms with Crippen LogP contribution in [0.1, 0.15) is 56.5 Å². The second-order valence-electron chi connectivity index (χ2n) is 13.4. The molecule has 4 aromatic rings. The van der Waals surface area contributed by atoms with Gasteiger partial charge in [0.25, 0.3) is 5.91 Å². The van der Waals surface area contributed by atoms with Crippen LogP contribution in [0, 0.1) is 17.6 Å². The Labute approximate surface area is 305 Å². The number of hydrogen-bond acceptors (Lipinski definition) is 10. The van der Waals surface area contributed by atoms with Crippen LogP contribution in [0.2, 0.25) is 0 Å². The largest absolute Gasteiger partial charge is 0.494 e. The minimum absolute atomic E-state index is 0.00814. The lowest BCUT2D eigenvalue weighted by atomic mass is 9.95. The SMILES string of the molecule is CCc1cc(Nc2nccn3c(-c4ccc(OC)c(F)c4F)cnc23)ccc1C(=O)NC[C@H](NC(=O)C1CCN(C(=O)OC(C)(C)C)CC1)C(=O)OC. The highest BCUT2D eigenvalue weighted by Crippen LogP contribution is 2.32. The van der Waals surface area contributed by atoms with Crippen LogP contribution in [0.5, 0.6) is 5.75 Å². The molecule has 2 aromatic carbocycles. The van der Waals surface area contributed by atoms with Gasteiger partial charge in [0, 0.05) is 54.8 Å². The third-order valence-electron chi connectivity index (χ3n) is 8.75. The molecule has 2 aromatic heterocycles. The number of ether oxygens (including phenoxy) is 3. The summed E-state index contributed by atoms with van der Waals surface area (Å²) in [6.45, 7) is 7.67. The standard InChI is InChI=1S/C37H43F2N7O7/c1-7-21-18-23(43-31-32-41-20-27(46(32)17-14-40-31)25-10-11-28(51-5)30(39)29(25)38)8-9-24(21)34(48)42-19-26(35(49)52-6)44-33(47)22-12-15-45(16-13-22)36(50)53-37(2,3)4/h8-11,14,17-18,20,22,26H,7,12-13,15-16,19H2,1-6H3,(H,40,43)(H,42,48)(H,44,47)/t26-/m0/s1. The zero-order valence-electron chi connectivity index (χ0n) is 30.4. The van der Waals surface area contributed by atoms with Crippen molar-refractivity contribution in [1.29, 1.82) is 0 Å². The van der Waals surface area contributed by atoms with Crippen LogP contribution in [0.3, 0.4) is 0 Å². The summed E-state index contributed by atoms with van der Waals surface area (Å²) in [6.07, 6.45) is 5.29. The zero-order chi connectivity index (χ0) is 38.4. The number of anilines is 2. The molecule has 1 fully saturated rings. The Kier molecular flexibility index (Phi) is 11.8. The maximum atomic E-state index is 14.9. The second kappa shape index (κ2) is 16.3. The van der Waals surface area contributed by atoms with E-state index >= 15 is 0 Å². The van der Waals surface area contributed by atoms with Crippen molar-refractivity contribution >= 4 is 41.0 Å². The number of amides is 3. The molecule has 0 unspecified atom stereocenters. The van der Waals surface area contributed by atoms with Crippen molar-refractivity contribution in [2.75, 3.05) is 39.2 Å². The molecule has 1 atom stereocenters. The summed E-state index contributed by atoms with van der Waals surface area (Å²) in [4.78, 5) is 61.8. The molecule has 0 radical (unpaired) electrons. The topological polar surface area (TPSA) is 165 Å². The maximum absolute atomic E-state index is 14.9. The van der Waals surface area contributed by atoms with E-state index in [9.17, 15) is 28.0 Å². The van der Waals surface area contributed by atoms with Gasteiger partial charge in [-0.05, 0) is 75.9 Å². The first kappa shape index (κ1) is 38.4. The van der Waals surface area contributed by atoms with Gasteiger partial charge in [0.05, 0.1) is 26.1 Å². The van der Waals surface area contributed by atoms with E-state index in [0.29, 0.717) is 66.3 Å². The molecule has 53 heavy (non-hydrogen) atoms. The highest BCUT2D eigenvalue weighted by molar-refractivity contribution is 5.97. The Bertz CT molecular complexity index is 2010. The van der Waals surface area contributed by atoms with Gasteiger partial charge in [0.2, 0.25) is 11.7 Å². The van der Waals surface area contributed by atoms with Crippen LogP contribution in [0.25, 0.3) is 16.9 Å². The molecule has 0 bridgehead atoms. The number of likely N-dealkylation sites (tertiary alicyclic amines) is 1. The molecular weight excluding hydrogens is 692 g/mol. The van der Waals surface area contributed by atoms with Gasteiger partial charge < -0.3 is 35.1 Å². The number of aromatic nitrogens is 3. The van der Waals surface area contributed by atoms with Crippen molar-refractivity contribution in [2.45, 2.75) is 58.6 Å². The molecule has 5 rings (SSSR count). The predicted molar refractivity (Wildman–Crippen MR) is 191 cm³/mol. The van der Waals surface area contributed by atoms with Crippen molar-refractivity contribution in [3.8, 4) is 17.0 Å². The van der Waals surface area contributed by atoms with E-state index in [2.05, 4.69) is 25.9 Å². The normalized spacial score (nSPS) is 14.0. The number of carbonyl (C=O) groups excluding carboxylic acids is 4. The minimum Gasteiger partial charge on any atom is -0.494 e. The molecule has 1 saturated heterocycles. The highest BCUT2D eigenvalue weighted by atomic mass is 19.2. The quantitative estimate of drug-likeness (QED) is 0.178. The molecule has 1 aliphatic heterocycles. The van der Waals surface area contributed by atoms with E-state index in [1.54, 1.807) is 54.5 Å². The van der Waals surface area contributed by atoms with Gasteiger partial charge in [-0.25, -0.2) is 23.9 Å². The highest BCUT2D eigenvalue weighted by Gasteiger charge is 2.32. The summed E-state index contributed by atoms with van der Waals surface area (Å²) < 4.78 is 46.2. The van der Waals surface area contributed by atoms with Crippen LogP contribution < -0.4 is 20.7 Å². The first-order chi connectivity index (χ1) is 25.2. The van der Waals surface area contributed by atoms with Gasteiger partial charge >= 0.3 is 12.1 Å². The number of benzene rings is 2. The van der Waals surface area contributed by atoms with E-state index in [1.807, 2.05) is 6.92 Å². The number of imidazole rings is 1. The average molecular weight is 736 g/mol. The van der Waals surface area contributed by atoms with Crippen LogP contribution in [0.4, 0.5) is 25.1 Å². The number of piperidine rings is 1. The monoisotopic (exact) mass is 735 g/mol. The zero-order valence-corrected chi connectivity index (χ0v) is 30.4. The summed E-state index contributed by atoms with van der Waals surface area (Å²) in [6, 6.07) is 6.67. The Morgan fingerprint density at radius 3 is 2.42 bits per heavy atom. The molecule has 14 nitrogen and oxygen atoms in total. The van der Waals surface area contributed by atoms with Crippen molar-refractivity contribution in [3.63, 3.8) is 0 Å². The molecular formula is C37H43F2N7O7. The van der Waals surface area contributed by atoms with E-state index in [0.717, 1.165) is 0 Å². The number of halogens is 2. The van der Waals surface area contributed by atoms with E-state index in [-0.39, 0.29) is 23.8 Å². The Morgan fingerprint density at radius 2 is 1.75 bits per heavy atom. The predicted octanol–water partition coefficient (Wildman–Crippen LogP) is 5.02. The van der Waals surface area contributed by atoms with E-state index < -0.39 is 47.2 Å². The fourth-order valence-corrected chi connectivity index (χ4v) is 5.98. The van der Waals surface area contributed by atoms with Gasteiger partial charge in [-0.15, -0.1) is 0 Å². The number of nitrogens with zero attached hydrogens (tertiary/aromatic N) is 4. The molecule has 0 saturated carbocycles. The number of methoxy groups -OCH3 is 2. The van der Waals surface area contributed by atoms with Gasteiger partial charge in [0.1, 0.15) is 11.6 Å². The number of rotatable bonds is 11. The lowest BCUT2D eigenvalue weighted by Crippen LogP contribution is -2.52. The lowest BCUT2D eigenvalue weighted by Gasteiger charge is -2.33. The number of aryl methyl sites for hydroxylation is 1. The third kappa shape index (κ3) is 8.81. The number of fused-ring (bicyclic) bond motifs is 1. The van der Waals surface area contributed by atoms with Crippen molar-refractivity contribution < 1.29 is 42.2 Å². The Balaban J connectivity index is 1.23. The molecule has 3 N–H and O–H groups in total. The average Bonchev–Trinajstić information content (AvgIpc) is 3.58. The first-order valence-corrected chi connectivity index (χ1v) is 17.1. The van der Waals surface area contributed by atoms with E-state index in [4.69, 9.17) is 14.2 Å². The van der Waals surface area contributed by atoms with Gasteiger partial charge in [-0.3, -0.25) is 14.0 Å². The fourth-order valence-electron chi connectivity index (χ4n) is 5.98. The molecule has 3 amide bonds. The lowest BCUT2D eigenvalue weighted by molar-refractivity contribution is -0.145. The van der Waals surface area contributed by atoms with Crippen LogP contribution >= 0.6 is 0 Å². The Morgan fingerprint density at radius 1 is 1.02 bits per heavy atom. The van der Waals surface area contributed by atoms with Gasteiger partial charge in [-0.1, -0.05) is 6.92 Å². The van der Waals surface area contributed by atoms with Crippen LogP contribution in [-0.4, -0.2) is 88.6 Å². The van der Waals surface area contributed by atoms with Crippen LogP contribution in [0.15, 0.2) is 48.9 Å². The molecule has 3 heterocycles. The molecule has 282 valence electrons. The van der Waals surface area contributed by atoms with Gasteiger partial charge in [0.15, 0.2) is 23.0 Å². The number of esters is 1. The van der Waals surface area contributed by atoms with Crippen molar-refractivity contribution in [1.82, 2.24) is 29.9 Å². The number of hydrogen-bond donors (Lipinski definition) is 3. The number of nitrogens with one attached hydrogen (secondary N) is 3.